The number of ether oxygens (including phenoxy) is 1. The first-order valence-corrected chi connectivity index (χ1v) is 6.35. The van der Waals surface area contributed by atoms with E-state index in [4.69, 9.17) is 16.3 Å². The van der Waals surface area contributed by atoms with Crippen molar-refractivity contribution in [3.8, 4) is 11.5 Å². The van der Waals surface area contributed by atoms with E-state index in [1.165, 1.54) is 12.1 Å². The molecule has 2 aromatic carbocycles. The number of hydrogen-bond acceptors (Lipinski definition) is 2. The summed E-state index contributed by atoms with van der Waals surface area (Å²) in [6.45, 7) is 2.50. The van der Waals surface area contributed by atoms with Gasteiger partial charge in [-0.25, -0.2) is 4.39 Å². The molecule has 4 heteroatoms. The van der Waals surface area contributed by atoms with E-state index in [1.807, 2.05) is 19.2 Å². The fraction of sp³-hybridized carbons (Fsp3) is 0.200. The molecule has 0 saturated heterocycles. The number of halogens is 2. The van der Waals surface area contributed by atoms with Crippen molar-refractivity contribution in [1.29, 1.82) is 0 Å². The Kier molecular flexibility index (Phi) is 4.40. The normalized spacial score (nSPS) is 10.5. The van der Waals surface area contributed by atoms with Crippen molar-refractivity contribution in [1.82, 2.24) is 5.32 Å². The first-order valence-electron chi connectivity index (χ1n) is 5.97. The Morgan fingerprint density at radius 2 is 2.00 bits per heavy atom. The van der Waals surface area contributed by atoms with E-state index < -0.39 is 0 Å². The van der Waals surface area contributed by atoms with Gasteiger partial charge in [0.15, 0.2) is 0 Å². The van der Waals surface area contributed by atoms with Gasteiger partial charge in [-0.15, -0.1) is 0 Å². The first-order chi connectivity index (χ1) is 9.10. The van der Waals surface area contributed by atoms with Crippen LogP contribution in [0.4, 0.5) is 4.39 Å². The van der Waals surface area contributed by atoms with Crippen molar-refractivity contribution >= 4 is 11.6 Å². The largest absolute Gasteiger partial charge is 0.457 e. The van der Waals surface area contributed by atoms with Crippen LogP contribution in [-0.2, 0) is 6.54 Å². The van der Waals surface area contributed by atoms with Crippen LogP contribution in [0, 0.1) is 12.7 Å². The summed E-state index contributed by atoms with van der Waals surface area (Å²) < 4.78 is 18.7. The lowest BCUT2D eigenvalue weighted by Gasteiger charge is -2.10. The average molecular weight is 280 g/mol. The maximum absolute atomic E-state index is 13.0. The molecule has 0 unspecified atom stereocenters. The highest BCUT2D eigenvalue weighted by molar-refractivity contribution is 6.31. The van der Waals surface area contributed by atoms with Crippen LogP contribution in [0.25, 0.3) is 0 Å². The fourth-order valence-electron chi connectivity index (χ4n) is 1.78. The number of benzene rings is 2. The zero-order chi connectivity index (χ0) is 13.8. The lowest BCUT2D eigenvalue weighted by atomic mass is 10.2. The summed E-state index contributed by atoms with van der Waals surface area (Å²) in [6, 6.07) is 9.94. The molecule has 2 nitrogen and oxygen atoms in total. The molecule has 0 bridgehead atoms. The number of hydrogen-bond donors (Lipinski definition) is 1. The second-order valence-corrected chi connectivity index (χ2v) is 4.70. The zero-order valence-corrected chi connectivity index (χ0v) is 11.6. The fourth-order valence-corrected chi connectivity index (χ4v) is 2.02. The monoisotopic (exact) mass is 279 g/mol. The van der Waals surface area contributed by atoms with Gasteiger partial charge in [0.2, 0.25) is 0 Å². The van der Waals surface area contributed by atoms with Gasteiger partial charge < -0.3 is 10.1 Å². The molecule has 0 aliphatic rings. The van der Waals surface area contributed by atoms with Crippen LogP contribution in [0.15, 0.2) is 36.4 Å². The average Bonchev–Trinajstić information content (AvgIpc) is 2.36. The highest BCUT2D eigenvalue weighted by atomic mass is 35.5. The van der Waals surface area contributed by atoms with Gasteiger partial charge in [0.05, 0.1) is 0 Å². The summed E-state index contributed by atoms with van der Waals surface area (Å²) in [7, 11) is 1.86. The Balaban J connectivity index is 2.21. The summed E-state index contributed by atoms with van der Waals surface area (Å²) in [4.78, 5) is 0. The van der Waals surface area contributed by atoms with E-state index in [1.54, 1.807) is 19.1 Å². The van der Waals surface area contributed by atoms with Gasteiger partial charge in [0, 0.05) is 11.6 Å². The minimum atomic E-state index is -0.271. The molecule has 0 aliphatic carbocycles. The van der Waals surface area contributed by atoms with Gasteiger partial charge in [-0.3, -0.25) is 0 Å². The van der Waals surface area contributed by atoms with Gasteiger partial charge in [-0.2, -0.15) is 0 Å². The molecule has 0 atom stereocenters. The Labute approximate surface area is 117 Å². The highest BCUT2D eigenvalue weighted by Gasteiger charge is 2.05. The molecule has 100 valence electrons. The molecule has 0 fully saturated rings. The minimum Gasteiger partial charge on any atom is -0.457 e. The number of rotatable bonds is 4. The molecular weight excluding hydrogens is 265 g/mol. The van der Waals surface area contributed by atoms with Crippen molar-refractivity contribution < 1.29 is 9.13 Å². The van der Waals surface area contributed by atoms with Gasteiger partial charge in [0.1, 0.15) is 17.3 Å². The molecule has 0 radical (unpaired) electrons. The van der Waals surface area contributed by atoms with Gasteiger partial charge in [-0.05, 0) is 55.4 Å². The molecule has 2 aromatic rings. The molecule has 2 rings (SSSR count). The summed E-state index contributed by atoms with van der Waals surface area (Å²) in [5.41, 5.74) is 1.75. The van der Waals surface area contributed by atoms with E-state index >= 15 is 0 Å². The topological polar surface area (TPSA) is 21.3 Å². The highest BCUT2D eigenvalue weighted by Crippen LogP contribution is 2.29. The Bertz CT molecular complexity index is 586. The third-order valence-corrected chi connectivity index (χ3v) is 3.11. The molecule has 0 aliphatic heterocycles. The van der Waals surface area contributed by atoms with Crippen LogP contribution in [0.5, 0.6) is 11.5 Å². The third-order valence-electron chi connectivity index (χ3n) is 2.76. The van der Waals surface area contributed by atoms with Gasteiger partial charge in [-0.1, -0.05) is 17.7 Å². The Morgan fingerprint density at radius 3 is 2.63 bits per heavy atom. The molecule has 19 heavy (non-hydrogen) atoms. The van der Waals surface area contributed by atoms with Crippen molar-refractivity contribution in [2.45, 2.75) is 13.5 Å². The predicted octanol–water partition coefficient (Wildman–Crippen LogP) is 4.30. The minimum absolute atomic E-state index is 0.271. The maximum atomic E-state index is 13.0. The number of nitrogens with one attached hydrogen (secondary N) is 1. The van der Waals surface area contributed by atoms with Crippen LogP contribution in [0.3, 0.4) is 0 Å². The predicted molar refractivity (Wildman–Crippen MR) is 75.4 cm³/mol. The van der Waals surface area contributed by atoms with E-state index in [9.17, 15) is 4.39 Å². The van der Waals surface area contributed by atoms with Crippen molar-refractivity contribution in [3.05, 3.63) is 58.4 Å². The van der Waals surface area contributed by atoms with Crippen molar-refractivity contribution in [3.63, 3.8) is 0 Å². The van der Waals surface area contributed by atoms with Crippen LogP contribution < -0.4 is 10.1 Å². The summed E-state index contributed by atoms with van der Waals surface area (Å²) in [5, 5.41) is 3.69. The smallest absolute Gasteiger partial charge is 0.130 e. The van der Waals surface area contributed by atoms with Crippen LogP contribution >= 0.6 is 11.6 Å². The second kappa shape index (κ2) is 6.04. The molecule has 1 N–H and O–H groups in total. The van der Waals surface area contributed by atoms with Crippen LogP contribution in [0.2, 0.25) is 5.02 Å². The molecule has 0 heterocycles. The van der Waals surface area contributed by atoms with Crippen molar-refractivity contribution in [2.24, 2.45) is 0 Å². The summed E-state index contributed by atoms with van der Waals surface area (Å²) >= 11 is 6.16. The van der Waals surface area contributed by atoms with Gasteiger partial charge in [0.25, 0.3) is 0 Å². The van der Waals surface area contributed by atoms with E-state index in [-0.39, 0.29) is 5.82 Å². The second-order valence-electron chi connectivity index (χ2n) is 4.30. The van der Waals surface area contributed by atoms with Crippen molar-refractivity contribution in [2.75, 3.05) is 7.05 Å². The van der Waals surface area contributed by atoms with E-state index in [0.29, 0.717) is 23.1 Å². The Morgan fingerprint density at radius 1 is 1.21 bits per heavy atom. The van der Waals surface area contributed by atoms with Gasteiger partial charge >= 0.3 is 0 Å². The van der Waals surface area contributed by atoms with Crippen LogP contribution in [0.1, 0.15) is 11.1 Å². The molecule has 0 amide bonds. The summed E-state index contributed by atoms with van der Waals surface area (Å²) in [5.74, 6) is 0.991. The maximum Gasteiger partial charge on any atom is 0.130 e. The third kappa shape index (κ3) is 3.46. The van der Waals surface area contributed by atoms with E-state index in [2.05, 4.69) is 5.32 Å². The quantitative estimate of drug-likeness (QED) is 0.901. The van der Waals surface area contributed by atoms with Crippen LogP contribution in [-0.4, -0.2) is 7.05 Å². The summed E-state index contributed by atoms with van der Waals surface area (Å²) in [6.07, 6.45) is 0. The molecule has 0 saturated carbocycles. The Hall–Kier alpha value is -1.58. The molecular formula is C15H15ClFNO. The lowest BCUT2D eigenvalue weighted by molar-refractivity contribution is 0.476. The standard InChI is InChI=1S/C15H15ClFNO/c1-10-7-12(17)4-6-15(10)19-13-5-3-11(9-18-2)14(16)8-13/h3-8,18H,9H2,1-2H3. The molecule has 0 aromatic heterocycles. The van der Waals surface area contributed by atoms with E-state index in [0.717, 1.165) is 11.1 Å². The first kappa shape index (κ1) is 13.8. The lowest BCUT2D eigenvalue weighted by Crippen LogP contribution is -2.05. The molecule has 0 spiro atoms. The SMILES string of the molecule is CNCc1ccc(Oc2ccc(F)cc2C)cc1Cl. The number of aryl methyl sites for hydroxylation is 1. The zero-order valence-electron chi connectivity index (χ0n) is 10.8.